The zero-order chi connectivity index (χ0) is 14.7. The SMILES string of the molecule is COc1ccc(C(Br)c2ccc(Cl)cc2C)cc1OC. The van der Waals surface area contributed by atoms with Crippen molar-refractivity contribution < 1.29 is 9.47 Å². The second-order valence-corrected chi connectivity index (χ2v) is 5.83. The highest BCUT2D eigenvalue weighted by Crippen LogP contribution is 2.38. The lowest BCUT2D eigenvalue weighted by Crippen LogP contribution is -1.98. The summed E-state index contributed by atoms with van der Waals surface area (Å²) in [6.45, 7) is 2.05. The molecule has 2 aromatic carbocycles. The molecule has 0 amide bonds. The van der Waals surface area contributed by atoms with E-state index in [2.05, 4.69) is 22.9 Å². The van der Waals surface area contributed by atoms with Crippen LogP contribution < -0.4 is 9.47 Å². The van der Waals surface area contributed by atoms with E-state index in [9.17, 15) is 0 Å². The molecule has 20 heavy (non-hydrogen) atoms. The maximum atomic E-state index is 6.00. The summed E-state index contributed by atoms with van der Waals surface area (Å²) in [4.78, 5) is 0.0829. The third-order valence-corrected chi connectivity index (χ3v) is 4.46. The summed E-state index contributed by atoms with van der Waals surface area (Å²) in [5.74, 6) is 1.45. The Morgan fingerprint density at radius 1 is 1.00 bits per heavy atom. The van der Waals surface area contributed by atoms with E-state index >= 15 is 0 Å². The zero-order valence-electron chi connectivity index (χ0n) is 11.6. The molecular weight excluding hydrogens is 340 g/mol. The lowest BCUT2D eigenvalue weighted by Gasteiger charge is -2.16. The summed E-state index contributed by atoms with van der Waals surface area (Å²) in [6, 6.07) is 11.8. The minimum absolute atomic E-state index is 0.0829. The Morgan fingerprint density at radius 3 is 2.30 bits per heavy atom. The van der Waals surface area contributed by atoms with Crippen molar-refractivity contribution in [3.63, 3.8) is 0 Å². The van der Waals surface area contributed by atoms with E-state index in [-0.39, 0.29) is 4.83 Å². The summed E-state index contributed by atoms with van der Waals surface area (Å²) < 4.78 is 10.6. The Hall–Kier alpha value is -1.19. The van der Waals surface area contributed by atoms with Crippen molar-refractivity contribution in [2.24, 2.45) is 0 Å². The molecule has 2 rings (SSSR count). The fourth-order valence-corrected chi connectivity index (χ4v) is 3.14. The van der Waals surface area contributed by atoms with Gasteiger partial charge in [0.25, 0.3) is 0 Å². The molecule has 2 nitrogen and oxygen atoms in total. The Kier molecular flexibility index (Phi) is 4.95. The smallest absolute Gasteiger partial charge is 0.161 e. The summed E-state index contributed by atoms with van der Waals surface area (Å²) in [7, 11) is 3.27. The lowest BCUT2D eigenvalue weighted by molar-refractivity contribution is 0.354. The molecule has 0 N–H and O–H groups in total. The van der Waals surface area contributed by atoms with E-state index in [0.717, 1.165) is 27.6 Å². The van der Waals surface area contributed by atoms with Gasteiger partial charge in [-0.2, -0.15) is 0 Å². The molecule has 2 aromatic rings. The Morgan fingerprint density at radius 2 is 1.70 bits per heavy atom. The van der Waals surface area contributed by atoms with Gasteiger partial charge in [0.1, 0.15) is 0 Å². The molecule has 0 aliphatic heterocycles. The van der Waals surface area contributed by atoms with E-state index in [1.807, 2.05) is 36.4 Å². The van der Waals surface area contributed by atoms with Gasteiger partial charge in [-0.3, -0.25) is 0 Å². The van der Waals surface area contributed by atoms with Crippen LogP contribution in [0.25, 0.3) is 0 Å². The summed E-state index contributed by atoms with van der Waals surface area (Å²) in [5, 5.41) is 0.748. The van der Waals surface area contributed by atoms with Gasteiger partial charge in [0.2, 0.25) is 0 Å². The van der Waals surface area contributed by atoms with Gasteiger partial charge in [-0.25, -0.2) is 0 Å². The molecule has 0 aromatic heterocycles. The number of benzene rings is 2. The van der Waals surface area contributed by atoms with Gasteiger partial charge >= 0.3 is 0 Å². The standard InChI is InChI=1S/C16H16BrClO2/c1-10-8-12(18)5-6-13(10)16(17)11-4-7-14(19-2)15(9-11)20-3/h4-9,16H,1-3H3. The van der Waals surface area contributed by atoms with Crippen molar-refractivity contribution in [2.75, 3.05) is 14.2 Å². The number of rotatable bonds is 4. The molecule has 106 valence electrons. The topological polar surface area (TPSA) is 18.5 Å². The van der Waals surface area contributed by atoms with E-state index in [4.69, 9.17) is 21.1 Å². The van der Waals surface area contributed by atoms with Crippen LogP contribution in [0.3, 0.4) is 0 Å². The average Bonchev–Trinajstić information content (AvgIpc) is 2.45. The minimum atomic E-state index is 0.0829. The number of hydrogen-bond donors (Lipinski definition) is 0. The van der Waals surface area contributed by atoms with Crippen LogP contribution in [-0.4, -0.2) is 14.2 Å². The highest BCUT2D eigenvalue weighted by Gasteiger charge is 2.15. The van der Waals surface area contributed by atoms with Crippen molar-refractivity contribution in [1.82, 2.24) is 0 Å². The molecule has 0 heterocycles. The maximum absolute atomic E-state index is 6.00. The van der Waals surface area contributed by atoms with Gasteiger partial charge in [-0.05, 0) is 47.9 Å². The molecule has 0 saturated heterocycles. The summed E-state index contributed by atoms with van der Waals surface area (Å²) in [6.07, 6.45) is 0. The molecule has 1 unspecified atom stereocenters. The van der Waals surface area contributed by atoms with Crippen LogP contribution in [0, 0.1) is 6.92 Å². The molecule has 0 aliphatic carbocycles. The molecule has 0 radical (unpaired) electrons. The lowest BCUT2D eigenvalue weighted by atomic mass is 10.00. The Balaban J connectivity index is 2.40. The van der Waals surface area contributed by atoms with Gasteiger partial charge in [0.15, 0.2) is 11.5 Å². The number of ether oxygens (including phenoxy) is 2. The van der Waals surface area contributed by atoms with E-state index in [0.29, 0.717) is 0 Å². The fraction of sp³-hybridized carbons (Fsp3) is 0.250. The highest BCUT2D eigenvalue weighted by atomic mass is 79.9. The average molecular weight is 356 g/mol. The first-order valence-corrected chi connectivity index (χ1v) is 7.48. The number of aryl methyl sites for hydroxylation is 1. The monoisotopic (exact) mass is 354 g/mol. The molecule has 4 heteroatoms. The fourth-order valence-electron chi connectivity index (χ4n) is 2.11. The maximum Gasteiger partial charge on any atom is 0.161 e. The van der Waals surface area contributed by atoms with E-state index in [1.165, 1.54) is 5.56 Å². The molecule has 0 spiro atoms. The third kappa shape index (κ3) is 3.10. The van der Waals surface area contributed by atoms with Crippen LogP contribution in [0.15, 0.2) is 36.4 Å². The van der Waals surface area contributed by atoms with Crippen LogP contribution in [0.1, 0.15) is 21.5 Å². The second-order valence-electron chi connectivity index (χ2n) is 4.48. The van der Waals surface area contributed by atoms with E-state index < -0.39 is 0 Å². The number of hydrogen-bond acceptors (Lipinski definition) is 2. The van der Waals surface area contributed by atoms with Gasteiger partial charge in [-0.15, -0.1) is 0 Å². The summed E-state index contributed by atoms with van der Waals surface area (Å²) >= 11 is 9.74. The van der Waals surface area contributed by atoms with Crippen molar-refractivity contribution in [1.29, 1.82) is 0 Å². The largest absolute Gasteiger partial charge is 0.493 e. The number of halogens is 2. The summed E-state index contributed by atoms with van der Waals surface area (Å²) in [5.41, 5.74) is 3.43. The van der Waals surface area contributed by atoms with Crippen molar-refractivity contribution in [2.45, 2.75) is 11.8 Å². The van der Waals surface area contributed by atoms with Gasteiger partial charge in [0, 0.05) is 5.02 Å². The quantitative estimate of drug-likeness (QED) is 0.706. The van der Waals surface area contributed by atoms with Crippen LogP contribution >= 0.6 is 27.5 Å². The molecule has 1 atom stereocenters. The Labute approximate surface area is 132 Å². The molecule has 0 fully saturated rings. The molecule has 0 bridgehead atoms. The van der Waals surface area contributed by atoms with Crippen molar-refractivity contribution in [3.8, 4) is 11.5 Å². The highest BCUT2D eigenvalue weighted by molar-refractivity contribution is 9.09. The van der Waals surface area contributed by atoms with Gasteiger partial charge in [-0.1, -0.05) is 39.7 Å². The number of methoxy groups -OCH3 is 2. The van der Waals surface area contributed by atoms with Gasteiger partial charge in [0.05, 0.1) is 19.0 Å². The predicted octanol–water partition coefficient (Wildman–Crippen LogP) is 5.15. The van der Waals surface area contributed by atoms with E-state index in [1.54, 1.807) is 14.2 Å². The zero-order valence-corrected chi connectivity index (χ0v) is 14.0. The Bertz CT molecular complexity index is 613. The second kappa shape index (κ2) is 6.51. The molecular formula is C16H16BrClO2. The van der Waals surface area contributed by atoms with Crippen LogP contribution in [0.2, 0.25) is 5.02 Å². The van der Waals surface area contributed by atoms with Crippen LogP contribution in [0.5, 0.6) is 11.5 Å². The first-order chi connectivity index (χ1) is 9.56. The van der Waals surface area contributed by atoms with Gasteiger partial charge < -0.3 is 9.47 Å². The van der Waals surface area contributed by atoms with Crippen molar-refractivity contribution in [3.05, 3.63) is 58.1 Å². The van der Waals surface area contributed by atoms with Crippen LogP contribution in [0.4, 0.5) is 0 Å². The van der Waals surface area contributed by atoms with Crippen LogP contribution in [-0.2, 0) is 0 Å². The van der Waals surface area contributed by atoms with Crippen molar-refractivity contribution >= 4 is 27.5 Å². The third-order valence-electron chi connectivity index (χ3n) is 3.21. The number of alkyl halides is 1. The molecule has 0 aliphatic rings. The first kappa shape index (κ1) is 15.2. The first-order valence-electron chi connectivity index (χ1n) is 6.19. The predicted molar refractivity (Wildman–Crippen MR) is 86.5 cm³/mol. The minimum Gasteiger partial charge on any atom is -0.493 e. The molecule has 0 saturated carbocycles. The normalized spacial score (nSPS) is 12.1.